The Morgan fingerprint density at radius 3 is 2.61 bits per heavy atom. The highest BCUT2D eigenvalue weighted by Crippen LogP contribution is 2.25. The zero-order valence-corrected chi connectivity index (χ0v) is 15.9. The molecule has 2 heterocycles. The lowest BCUT2D eigenvalue weighted by atomic mass is 10.2. The van der Waals surface area contributed by atoms with Gasteiger partial charge in [-0.25, -0.2) is 4.39 Å². The average Bonchev–Trinajstić information content (AvgIpc) is 3.06. The Hall–Kier alpha value is -3.56. The van der Waals surface area contributed by atoms with Crippen LogP contribution in [0.4, 0.5) is 15.8 Å². The number of benzene rings is 1. The first-order valence-corrected chi connectivity index (χ1v) is 8.46. The molecule has 10 heteroatoms. The number of aryl methyl sites for hydroxylation is 2. The van der Waals surface area contributed by atoms with Crippen molar-refractivity contribution in [1.82, 2.24) is 19.6 Å². The Morgan fingerprint density at radius 1 is 1.25 bits per heavy atom. The first-order chi connectivity index (χ1) is 13.2. The van der Waals surface area contributed by atoms with Crippen LogP contribution in [0, 0.1) is 36.7 Å². The van der Waals surface area contributed by atoms with Gasteiger partial charge in [0, 0.05) is 7.05 Å². The van der Waals surface area contributed by atoms with Gasteiger partial charge in [-0.3, -0.25) is 24.3 Å². The molecule has 0 aliphatic carbocycles. The molecule has 0 bridgehead atoms. The third-order valence-electron chi connectivity index (χ3n) is 4.54. The highest BCUT2D eigenvalue weighted by atomic mass is 19.1. The van der Waals surface area contributed by atoms with E-state index in [4.69, 9.17) is 0 Å². The molecule has 0 spiro atoms. The molecule has 0 saturated carbocycles. The van der Waals surface area contributed by atoms with Gasteiger partial charge in [0.05, 0.1) is 28.5 Å². The van der Waals surface area contributed by atoms with E-state index in [0.29, 0.717) is 23.6 Å². The van der Waals surface area contributed by atoms with Gasteiger partial charge in [-0.2, -0.15) is 10.2 Å². The third kappa shape index (κ3) is 3.48. The summed E-state index contributed by atoms with van der Waals surface area (Å²) in [4.78, 5) is 23.3. The lowest BCUT2D eigenvalue weighted by Crippen LogP contribution is -2.16. The van der Waals surface area contributed by atoms with E-state index in [1.54, 1.807) is 30.7 Å². The lowest BCUT2D eigenvalue weighted by Gasteiger charge is -2.07. The molecule has 3 aromatic rings. The molecule has 3 rings (SSSR count). The second-order valence-corrected chi connectivity index (χ2v) is 6.45. The predicted octanol–water partition coefficient (Wildman–Crippen LogP) is 2.89. The summed E-state index contributed by atoms with van der Waals surface area (Å²) in [5.74, 6) is -1.03. The zero-order valence-electron chi connectivity index (χ0n) is 15.9. The van der Waals surface area contributed by atoms with Crippen molar-refractivity contribution in [2.24, 2.45) is 7.05 Å². The van der Waals surface area contributed by atoms with Crippen LogP contribution in [0.3, 0.4) is 0 Å². The summed E-state index contributed by atoms with van der Waals surface area (Å²) in [6.07, 6.45) is 0. The fourth-order valence-electron chi connectivity index (χ4n) is 2.98. The molecule has 28 heavy (non-hydrogen) atoms. The number of anilines is 1. The van der Waals surface area contributed by atoms with Gasteiger partial charge in [0.15, 0.2) is 0 Å². The minimum atomic E-state index is -0.688. The van der Waals surface area contributed by atoms with Crippen molar-refractivity contribution in [2.45, 2.75) is 27.3 Å². The first kappa shape index (κ1) is 19.2. The highest BCUT2D eigenvalue weighted by Gasteiger charge is 2.30. The monoisotopic (exact) mass is 386 g/mol. The molecule has 9 nitrogen and oxygen atoms in total. The van der Waals surface area contributed by atoms with Gasteiger partial charge >= 0.3 is 5.69 Å². The summed E-state index contributed by atoms with van der Waals surface area (Å²) in [7, 11) is 1.53. The highest BCUT2D eigenvalue weighted by molar-refractivity contribution is 6.06. The molecule has 2 aromatic heterocycles. The largest absolute Gasteiger partial charge is 0.322 e. The molecular weight excluding hydrogens is 367 g/mol. The van der Waals surface area contributed by atoms with Crippen LogP contribution in [0.5, 0.6) is 0 Å². The molecule has 146 valence electrons. The molecule has 1 amide bonds. The Labute approximate surface area is 159 Å². The van der Waals surface area contributed by atoms with E-state index < -0.39 is 10.8 Å². The normalized spacial score (nSPS) is 10.9. The van der Waals surface area contributed by atoms with Crippen molar-refractivity contribution in [1.29, 1.82) is 0 Å². The topological polar surface area (TPSA) is 108 Å². The van der Waals surface area contributed by atoms with Crippen LogP contribution in [-0.2, 0) is 13.6 Å². The van der Waals surface area contributed by atoms with E-state index in [1.165, 1.54) is 30.8 Å². The number of halogens is 1. The Bertz CT molecular complexity index is 1090. The molecule has 1 aromatic carbocycles. The van der Waals surface area contributed by atoms with Gasteiger partial charge in [-0.15, -0.1) is 0 Å². The Balaban J connectivity index is 1.90. The number of nitro groups is 1. The van der Waals surface area contributed by atoms with Gasteiger partial charge in [0.2, 0.25) is 5.69 Å². The maximum Gasteiger partial charge on any atom is 0.322 e. The maximum absolute atomic E-state index is 13.4. The summed E-state index contributed by atoms with van der Waals surface area (Å²) < 4.78 is 16.3. The third-order valence-corrected chi connectivity index (χ3v) is 4.54. The number of rotatable bonds is 5. The number of nitrogens with zero attached hydrogens (tertiary/aromatic N) is 5. The zero-order chi connectivity index (χ0) is 20.6. The van der Waals surface area contributed by atoms with E-state index in [-0.39, 0.29) is 22.9 Å². The van der Waals surface area contributed by atoms with Crippen LogP contribution < -0.4 is 5.32 Å². The molecular formula is C18H19FN6O3. The average molecular weight is 386 g/mol. The minimum Gasteiger partial charge on any atom is -0.317 e. The number of hydrogen-bond acceptors (Lipinski definition) is 5. The molecule has 0 unspecified atom stereocenters. The van der Waals surface area contributed by atoms with Crippen LogP contribution in [0.15, 0.2) is 24.3 Å². The Morgan fingerprint density at radius 2 is 1.96 bits per heavy atom. The number of hydrogen-bond donors (Lipinski definition) is 1. The fraction of sp³-hybridized carbons (Fsp3) is 0.278. The Kier molecular flexibility index (Phi) is 4.95. The summed E-state index contributed by atoms with van der Waals surface area (Å²) >= 11 is 0. The van der Waals surface area contributed by atoms with Crippen LogP contribution in [0.1, 0.15) is 33.1 Å². The molecule has 0 radical (unpaired) electrons. The van der Waals surface area contributed by atoms with Crippen molar-refractivity contribution < 1.29 is 14.1 Å². The van der Waals surface area contributed by atoms with Gasteiger partial charge in [-0.05, 0) is 38.5 Å². The van der Waals surface area contributed by atoms with Gasteiger partial charge < -0.3 is 5.32 Å². The molecule has 0 fully saturated rings. The van der Waals surface area contributed by atoms with Crippen molar-refractivity contribution >= 4 is 17.3 Å². The van der Waals surface area contributed by atoms with Gasteiger partial charge in [0.25, 0.3) is 5.91 Å². The molecule has 0 aliphatic heterocycles. The van der Waals surface area contributed by atoms with Crippen molar-refractivity contribution in [2.75, 3.05) is 5.32 Å². The van der Waals surface area contributed by atoms with Crippen LogP contribution >= 0.6 is 0 Å². The van der Waals surface area contributed by atoms with Gasteiger partial charge in [-0.1, -0.05) is 12.1 Å². The van der Waals surface area contributed by atoms with E-state index >= 15 is 0 Å². The summed E-state index contributed by atoms with van der Waals surface area (Å²) in [5.41, 5.74) is 2.04. The van der Waals surface area contributed by atoms with Crippen LogP contribution in [-0.4, -0.2) is 30.4 Å². The molecule has 1 N–H and O–H groups in total. The van der Waals surface area contributed by atoms with Crippen LogP contribution in [0.2, 0.25) is 0 Å². The first-order valence-electron chi connectivity index (χ1n) is 8.46. The fourth-order valence-corrected chi connectivity index (χ4v) is 2.98. The summed E-state index contributed by atoms with van der Waals surface area (Å²) in [5, 5.41) is 22.3. The number of nitrogens with one attached hydrogen (secondary N) is 1. The number of carbonyl (C=O) groups excluding carboxylic acids is 1. The minimum absolute atomic E-state index is 0.262. The van der Waals surface area contributed by atoms with E-state index in [1.807, 2.05) is 0 Å². The summed E-state index contributed by atoms with van der Waals surface area (Å²) in [6, 6.07) is 6.16. The van der Waals surface area contributed by atoms with E-state index in [9.17, 15) is 19.3 Å². The smallest absolute Gasteiger partial charge is 0.317 e. The number of aromatic nitrogens is 4. The van der Waals surface area contributed by atoms with E-state index in [0.717, 1.165) is 5.56 Å². The standard InChI is InChI=1S/C18H19FN6O3/c1-10-15(11(2)24(21-10)9-13-6-5-7-14(19)8-13)20-18(26)16-17(25(27)28)12(3)23(4)22-16/h5-8H,9H2,1-4H3,(H,20,26). The SMILES string of the molecule is Cc1nn(Cc2cccc(F)c2)c(C)c1NC(=O)c1nn(C)c(C)c1[N+](=O)[O-]. The molecule has 0 saturated heterocycles. The summed E-state index contributed by atoms with van der Waals surface area (Å²) in [6.45, 7) is 5.31. The van der Waals surface area contributed by atoms with E-state index in [2.05, 4.69) is 15.5 Å². The predicted molar refractivity (Wildman–Crippen MR) is 99.8 cm³/mol. The molecule has 0 atom stereocenters. The second kappa shape index (κ2) is 7.22. The number of amides is 1. The number of carbonyl (C=O) groups is 1. The van der Waals surface area contributed by atoms with Crippen molar-refractivity contribution in [3.8, 4) is 0 Å². The van der Waals surface area contributed by atoms with Gasteiger partial charge in [0.1, 0.15) is 11.5 Å². The second-order valence-electron chi connectivity index (χ2n) is 6.45. The molecule has 0 aliphatic rings. The lowest BCUT2D eigenvalue weighted by molar-refractivity contribution is -0.385. The quantitative estimate of drug-likeness (QED) is 0.536. The van der Waals surface area contributed by atoms with Crippen LogP contribution in [0.25, 0.3) is 0 Å². The van der Waals surface area contributed by atoms with Crippen molar-refractivity contribution in [3.05, 3.63) is 68.5 Å². The van der Waals surface area contributed by atoms with Crippen molar-refractivity contribution in [3.63, 3.8) is 0 Å². The maximum atomic E-state index is 13.4.